The molecule has 0 aliphatic rings. The Balaban J connectivity index is 2.29. The number of carbonyl (C=O) groups excluding carboxylic acids is 2. The van der Waals surface area contributed by atoms with Gasteiger partial charge in [-0.2, -0.15) is 13.2 Å². The van der Waals surface area contributed by atoms with E-state index in [-0.39, 0.29) is 11.1 Å². The van der Waals surface area contributed by atoms with Crippen LogP contribution < -0.4 is 0 Å². The first-order chi connectivity index (χ1) is 12.3. The molecule has 0 atom stereocenters. The second-order valence-corrected chi connectivity index (χ2v) is 6.03. The minimum atomic E-state index is -4.57. The summed E-state index contributed by atoms with van der Waals surface area (Å²) in [6.07, 6.45) is 3.20. The number of hydrogen-bond donors (Lipinski definition) is 0. The van der Waals surface area contributed by atoms with Crippen LogP contribution in [0.15, 0.2) is 24.3 Å². The lowest BCUT2D eigenvalue weighted by atomic mass is 10.1. The zero-order valence-corrected chi connectivity index (χ0v) is 14.9. The molecule has 0 fully saturated rings. The fraction of sp³-hybridized carbons (Fsp3) is 0.579. The predicted octanol–water partition coefficient (Wildman–Crippen LogP) is 5.31. The molecule has 7 heteroatoms. The Hall–Kier alpha value is -2.05. The van der Waals surface area contributed by atoms with Crippen molar-refractivity contribution in [1.29, 1.82) is 0 Å². The van der Waals surface area contributed by atoms with Crippen LogP contribution in [0.2, 0.25) is 0 Å². The van der Waals surface area contributed by atoms with Gasteiger partial charge >= 0.3 is 18.1 Å². The van der Waals surface area contributed by atoms with Crippen molar-refractivity contribution in [3.63, 3.8) is 0 Å². The summed E-state index contributed by atoms with van der Waals surface area (Å²) < 4.78 is 45.3. The van der Waals surface area contributed by atoms with Crippen LogP contribution in [0.4, 0.5) is 13.2 Å². The number of halogens is 3. The fourth-order valence-corrected chi connectivity index (χ4v) is 2.28. The molecule has 0 amide bonds. The van der Waals surface area contributed by atoms with Gasteiger partial charge in [-0.25, -0.2) is 9.59 Å². The first-order valence-corrected chi connectivity index (χ1v) is 8.84. The molecule has 0 aliphatic carbocycles. The Labute approximate surface area is 151 Å². The Kier molecular flexibility index (Phi) is 9.76. The Morgan fingerprint density at radius 2 is 1.27 bits per heavy atom. The number of unbranched alkanes of at least 4 members (excludes halogenated alkanes) is 6. The van der Waals surface area contributed by atoms with Crippen molar-refractivity contribution in [2.45, 2.75) is 58.0 Å². The van der Waals surface area contributed by atoms with E-state index in [0.29, 0.717) is 6.61 Å². The van der Waals surface area contributed by atoms with E-state index in [4.69, 9.17) is 4.74 Å². The van der Waals surface area contributed by atoms with Gasteiger partial charge in [0, 0.05) is 0 Å². The molecule has 1 aromatic carbocycles. The lowest BCUT2D eigenvalue weighted by Gasteiger charge is -2.08. The van der Waals surface area contributed by atoms with Gasteiger partial charge in [-0.3, -0.25) is 0 Å². The number of esters is 2. The molecule has 146 valence electrons. The van der Waals surface area contributed by atoms with Crippen molar-refractivity contribution in [1.82, 2.24) is 0 Å². The smallest absolute Gasteiger partial charge is 0.422 e. The summed E-state index contributed by atoms with van der Waals surface area (Å²) in [5.74, 6) is -1.61. The van der Waals surface area contributed by atoms with Crippen molar-refractivity contribution in [2.24, 2.45) is 0 Å². The van der Waals surface area contributed by atoms with E-state index in [9.17, 15) is 22.8 Å². The highest BCUT2D eigenvalue weighted by Gasteiger charge is 2.29. The molecule has 1 aromatic rings. The third-order valence-electron chi connectivity index (χ3n) is 3.70. The molecule has 0 unspecified atom stereocenters. The van der Waals surface area contributed by atoms with Gasteiger partial charge < -0.3 is 9.47 Å². The van der Waals surface area contributed by atoms with Gasteiger partial charge in [-0.1, -0.05) is 45.4 Å². The summed E-state index contributed by atoms with van der Waals surface area (Å²) in [5, 5.41) is 0. The van der Waals surface area contributed by atoms with Gasteiger partial charge in [0.1, 0.15) is 0 Å². The zero-order valence-electron chi connectivity index (χ0n) is 14.9. The van der Waals surface area contributed by atoms with Gasteiger partial charge in [0.05, 0.1) is 17.7 Å². The minimum Gasteiger partial charge on any atom is -0.462 e. The van der Waals surface area contributed by atoms with Gasteiger partial charge in [-0.15, -0.1) is 0 Å². The van der Waals surface area contributed by atoms with E-state index in [1.165, 1.54) is 49.9 Å². The van der Waals surface area contributed by atoms with Crippen LogP contribution in [0.5, 0.6) is 0 Å². The summed E-state index contributed by atoms with van der Waals surface area (Å²) in [5.41, 5.74) is 0.179. The van der Waals surface area contributed by atoms with E-state index in [1.54, 1.807) is 0 Å². The zero-order chi connectivity index (χ0) is 19.4. The third-order valence-corrected chi connectivity index (χ3v) is 3.70. The van der Waals surface area contributed by atoms with E-state index in [2.05, 4.69) is 11.7 Å². The van der Waals surface area contributed by atoms with Crippen LogP contribution in [0, 0.1) is 0 Å². The standard InChI is InChI=1S/C19H25F3O4/c1-2-3-4-5-6-7-8-13-25-17(23)15-9-11-16(12-10-15)18(24)26-14-19(20,21)22/h9-12H,2-8,13-14H2,1H3. The molecule has 1 rings (SSSR count). The Morgan fingerprint density at radius 1 is 0.808 bits per heavy atom. The first kappa shape index (κ1) is 22.0. The van der Waals surface area contributed by atoms with E-state index < -0.39 is 24.7 Å². The molecule has 0 spiro atoms. The van der Waals surface area contributed by atoms with Crippen molar-refractivity contribution < 1.29 is 32.2 Å². The molecule has 26 heavy (non-hydrogen) atoms. The van der Waals surface area contributed by atoms with Crippen molar-refractivity contribution in [3.05, 3.63) is 35.4 Å². The molecule has 0 radical (unpaired) electrons. The molecule has 0 aromatic heterocycles. The summed E-state index contributed by atoms with van der Waals surface area (Å²) in [6.45, 7) is 0.841. The van der Waals surface area contributed by atoms with Crippen LogP contribution >= 0.6 is 0 Å². The molecule has 0 bridgehead atoms. The molecule has 0 aliphatic heterocycles. The predicted molar refractivity (Wildman–Crippen MR) is 91.1 cm³/mol. The van der Waals surface area contributed by atoms with E-state index in [1.807, 2.05) is 0 Å². The lowest BCUT2D eigenvalue weighted by molar-refractivity contribution is -0.161. The molecule has 0 saturated carbocycles. The molecule has 4 nitrogen and oxygen atoms in total. The third kappa shape index (κ3) is 9.44. The van der Waals surface area contributed by atoms with Crippen LogP contribution in [0.25, 0.3) is 0 Å². The largest absolute Gasteiger partial charge is 0.462 e. The average molecular weight is 374 g/mol. The van der Waals surface area contributed by atoms with E-state index in [0.717, 1.165) is 19.3 Å². The fourth-order valence-electron chi connectivity index (χ4n) is 2.28. The van der Waals surface area contributed by atoms with Gasteiger partial charge in [-0.05, 0) is 30.7 Å². The van der Waals surface area contributed by atoms with Crippen LogP contribution in [0.3, 0.4) is 0 Å². The summed E-state index contributed by atoms with van der Waals surface area (Å²) in [7, 11) is 0. The van der Waals surface area contributed by atoms with Gasteiger partial charge in [0.2, 0.25) is 0 Å². The second kappa shape index (κ2) is 11.5. The maximum absolute atomic E-state index is 12.0. The summed E-state index contributed by atoms with van der Waals surface area (Å²) in [6, 6.07) is 5.14. The highest BCUT2D eigenvalue weighted by atomic mass is 19.4. The number of ether oxygens (including phenoxy) is 2. The molecule has 0 heterocycles. The van der Waals surface area contributed by atoms with E-state index >= 15 is 0 Å². The first-order valence-electron chi connectivity index (χ1n) is 8.84. The van der Waals surface area contributed by atoms with Crippen LogP contribution in [0.1, 0.15) is 72.6 Å². The number of rotatable bonds is 11. The number of benzene rings is 1. The summed E-state index contributed by atoms with van der Waals surface area (Å²) in [4.78, 5) is 23.3. The van der Waals surface area contributed by atoms with Gasteiger partial charge in [0.25, 0.3) is 0 Å². The monoisotopic (exact) mass is 374 g/mol. The highest BCUT2D eigenvalue weighted by molar-refractivity contribution is 5.93. The van der Waals surface area contributed by atoms with Gasteiger partial charge in [0.15, 0.2) is 6.61 Å². The average Bonchev–Trinajstić information content (AvgIpc) is 2.61. The molecular formula is C19H25F3O4. The van der Waals surface area contributed by atoms with Crippen molar-refractivity contribution in [3.8, 4) is 0 Å². The van der Waals surface area contributed by atoms with Crippen molar-refractivity contribution in [2.75, 3.05) is 13.2 Å². The highest BCUT2D eigenvalue weighted by Crippen LogP contribution is 2.16. The van der Waals surface area contributed by atoms with Crippen molar-refractivity contribution >= 4 is 11.9 Å². The normalized spacial score (nSPS) is 11.2. The molecule has 0 N–H and O–H groups in total. The number of hydrogen-bond acceptors (Lipinski definition) is 4. The number of alkyl halides is 3. The second-order valence-electron chi connectivity index (χ2n) is 6.03. The minimum absolute atomic E-state index is 0.0575. The number of carbonyl (C=O) groups is 2. The maximum atomic E-state index is 12.0. The molecule has 0 saturated heterocycles. The Bertz CT molecular complexity index is 553. The SMILES string of the molecule is CCCCCCCCCOC(=O)c1ccc(C(=O)OCC(F)(F)F)cc1. The maximum Gasteiger partial charge on any atom is 0.422 e. The quantitative estimate of drug-likeness (QED) is 0.389. The summed E-state index contributed by atoms with van der Waals surface area (Å²) >= 11 is 0. The Morgan fingerprint density at radius 3 is 1.77 bits per heavy atom. The molecular weight excluding hydrogens is 349 g/mol. The van der Waals surface area contributed by atoms with Crippen LogP contribution in [-0.2, 0) is 9.47 Å². The lowest BCUT2D eigenvalue weighted by Crippen LogP contribution is -2.20. The topological polar surface area (TPSA) is 52.6 Å². The van der Waals surface area contributed by atoms with Crippen LogP contribution in [-0.4, -0.2) is 31.3 Å².